The number of rotatable bonds is 3. The summed E-state index contributed by atoms with van der Waals surface area (Å²) in [5.74, 6) is -0.820. The first-order chi connectivity index (χ1) is 8.59. The standard InChI is InChI=1S/C13H9BrClF2N/c14-9-3-1-6-12(17)13(9)18-7-8-10(15)4-2-5-11(8)16/h1-6,18H,7H2. The second-order valence-corrected chi connectivity index (χ2v) is 4.91. The lowest BCUT2D eigenvalue weighted by atomic mass is 10.2. The summed E-state index contributed by atoms with van der Waals surface area (Å²) >= 11 is 9.12. The lowest BCUT2D eigenvalue weighted by molar-refractivity contribution is 0.610. The Morgan fingerprint density at radius 2 is 1.72 bits per heavy atom. The van der Waals surface area contributed by atoms with Crippen LogP contribution in [0.1, 0.15) is 5.56 Å². The van der Waals surface area contributed by atoms with E-state index in [1.165, 1.54) is 18.2 Å². The van der Waals surface area contributed by atoms with Crippen molar-refractivity contribution in [2.24, 2.45) is 0 Å². The van der Waals surface area contributed by atoms with Crippen LogP contribution in [-0.2, 0) is 6.54 Å². The molecule has 0 fully saturated rings. The summed E-state index contributed by atoms with van der Waals surface area (Å²) < 4.78 is 27.6. The molecule has 0 bridgehead atoms. The van der Waals surface area contributed by atoms with Crippen molar-refractivity contribution < 1.29 is 8.78 Å². The molecule has 2 aromatic carbocycles. The monoisotopic (exact) mass is 331 g/mol. The predicted octanol–water partition coefficient (Wildman–Crippen LogP) is 4.99. The molecular formula is C13H9BrClF2N. The minimum atomic E-state index is -0.414. The molecule has 0 spiro atoms. The third-order valence-electron chi connectivity index (χ3n) is 2.47. The summed E-state index contributed by atoms with van der Waals surface area (Å²) in [6.07, 6.45) is 0. The van der Waals surface area contributed by atoms with Gasteiger partial charge in [-0.15, -0.1) is 0 Å². The Bertz CT molecular complexity index is 483. The largest absolute Gasteiger partial charge is 0.378 e. The molecule has 0 aliphatic heterocycles. The number of hydrogen-bond acceptors (Lipinski definition) is 1. The van der Waals surface area contributed by atoms with Crippen LogP contribution in [0.15, 0.2) is 40.9 Å². The zero-order valence-electron chi connectivity index (χ0n) is 9.18. The van der Waals surface area contributed by atoms with Crippen LogP contribution in [-0.4, -0.2) is 0 Å². The van der Waals surface area contributed by atoms with Crippen molar-refractivity contribution in [2.75, 3.05) is 5.32 Å². The fourth-order valence-corrected chi connectivity index (χ4v) is 2.26. The number of hydrogen-bond donors (Lipinski definition) is 1. The van der Waals surface area contributed by atoms with Crippen LogP contribution in [0.2, 0.25) is 5.02 Å². The van der Waals surface area contributed by atoms with E-state index in [0.717, 1.165) is 0 Å². The Morgan fingerprint density at radius 1 is 1.06 bits per heavy atom. The van der Waals surface area contributed by atoms with E-state index in [4.69, 9.17) is 11.6 Å². The van der Waals surface area contributed by atoms with Gasteiger partial charge in [0.05, 0.1) is 5.69 Å². The van der Waals surface area contributed by atoms with Crippen LogP contribution in [0.25, 0.3) is 0 Å². The van der Waals surface area contributed by atoms with E-state index in [9.17, 15) is 8.78 Å². The molecule has 0 amide bonds. The lowest BCUT2D eigenvalue weighted by Crippen LogP contribution is -2.04. The Hall–Kier alpha value is -1.13. The van der Waals surface area contributed by atoms with Crippen molar-refractivity contribution in [2.45, 2.75) is 6.54 Å². The molecule has 1 N–H and O–H groups in total. The fraction of sp³-hybridized carbons (Fsp3) is 0.0769. The first-order valence-corrected chi connectivity index (χ1v) is 6.37. The van der Waals surface area contributed by atoms with Crippen LogP contribution in [0.4, 0.5) is 14.5 Å². The van der Waals surface area contributed by atoms with Crippen molar-refractivity contribution in [3.63, 3.8) is 0 Å². The average molecular weight is 333 g/mol. The lowest BCUT2D eigenvalue weighted by Gasteiger charge is -2.11. The topological polar surface area (TPSA) is 12.0 Å². The zero-order chi connectivity index (χ0) is 13.1. The number of anilines is 1. The van der Waals surface area contributed by atoms with E-state index in [0.29, 0.717) is 15.1 Å². The SMILES string of the molecule is Fc1cccc(Cl)c1CNc1c(F)cccc1Br. The molecule has 2 rings (SSSR count). The average Bonchev–Trinajstić information content (AvgIpc) is 2.31. The molecule has 0 aliphatic rings. The number of benzene rings is 2. The van der Waals surface area contributed by atoms with Gasteiger partial charge in [0, 0.05) is 21.6 Å². The molecule has 1 nitrogen and oxygen atoms in total. The van der Waals surface area contributed by atoms with Gasteiger partial charge >= 0.3 is 0 Å². The van der Waals surface area contributed by atoms with E-state index in [1.807, 2.05) is 0 Å². The van der Waals surface area contributed by atoms with Crippen molar-refractivity contribution in [1.82, 2.24) is 0 Å². The van der Waals surface area contributed by atoms with Gasteiger partial charge in [0.25, 0.3) is 0 Å². The quantitative estimate of drug-likeness (QED) is 0.834. The molecule has 18 heavy (non-hydrogen) atoms. The Balaban J connectivity index is 2.22. The highest BCUT2D eigenvalue weighted by Gasteiger charge is 2.10. The van der Waals surface area contributed by atoms with Gasteiger partial charge in [-0.3, -0.25) is 0 Å². The minimum absolute atomic E-state index is 0.116. The highest BCUT2D eigenvalue weighted by atomic mass is 79.9. The maximum absolute atomic E-state index is 13.5. The molecular weight excluding hydrogens is 324 g/mol. The van der Waals surface area contributed by atoms with Crippen LogP contribution < -0.4 is 5.32 Å². The predicted molar refractivity (Wildman–Crippen MR) is 72.8 cm³/mol. The van der Waals surface area contributed by atoms with Gasteiger partial charge in [0.15, 0.2) is 0 Å². The van der Waals surface area contributed by atoms with Crippen molar-refractivity contribution in [3.05, 3.63) is 63.1 Å². The summed E-state index contributed by atoms with van der Waals surface area (Å²) in [5, 5.41) is 3.15. The van der Waals surface area contributed by atoms with Crippen molar-refractivity contribution in [1.29, 1.82) is 0 Å². The molecule has 5 heteroatoms. The normalized spacial score (nSPS) is 10.4. The van der Waals surface area contributed by atoms with E-state index < -0.39 is 11.6 Å². The first kappa shape index (κ1) is 13.3. The summed E-state index contributed by atoms with van der Waals surface area (Å²) in [4.78, 5) is 0. The summed E-state index contributed by atoms with van der Waals surface area (Å²) in [6.45, 7) is 0.116. The zero-order valence-corrected chi connectivity index (χ0v) is 11.5. The number of halogens is 4. The summed E-state index contributed by atoms with van der Waals surface area (Å²) in [6, 6.07) is 9.06. The molecule has 0 radical (unpaired) electrons. The molecule has 0 heterocycles. The van der Waals surface area contributed by atoms with Crippen LogP contribution >= 0.6 is 27.5 Å². The van der Waals surface area contributed by atoms with E-state index in [-0.39, 0.29) is 12.2 Å². The van der Waals surface area contributed by atoms with E-state index >= 15 is 0 Å². The summed E-state index contributed by atoms with van der Waals surface area (Å²) in [5.41, 5.74) is 0.603. The van der Waals surface area contributed by atoms with Gasteiger partial charge in [-0.25, -0.2) is 8.78 Å². The second-order valence-electron chi connectivity index (χ2n) is 3.65. The molecule has 0 unspecified atom stereocenters. The Labute approximate surface area is 117 Å². The highest BCUT2D eigenvalue weighted by Crippen LogP contribution is 2.27. The molecule has 0 saturated heterocycles. The van der Waals surface area contributed by atoms with Crippen molar-refractivity contribution >= 4 is 33.2 Å². The van der Waals surface area contributed by atoms with Gasteiger partial charge in [-0.2, -0.15) is 0 Å². The van der Waals surface area contributed by atoms with Crippen LogP contribution in [0, 0.1) is 11.6 Å². The first-order valence-electron chi connectivity index (χ1n) is 5.20. The number of para-hydroxylation sites is 1. The molecule has 0 aromatic heterocycles. The molecule has 2 aromatic rings. The fourth-order valence-electron chi connectivity index (χ4n) is 1.54. The Kier molecular flexibility index (Phi) is 4.19. The molecule has 0 aliphatic carbocycles. The van der Waals surface area contributed by atoms with Gasteiger partial charge in [0.1, 0.15) is 11.6 Å². The third kappa shape index (κ3) is 2.82. The summed E-state index contributed by atoms with van der Waals surface area (Å²) in [7, 11) is 0. The van der Waals surface area contributed by atoms with Gasteiger partial charge < -0.3 is 5.32 Å². The molecule has 0 saturated carbocycles. The van der Waals surface area contributed by atoms with Crippen molar-refractivity contribution in [3.8, 4) is 0 Å². The maximum atomic E-state index is 13.5. The molecule has 0 atom stereocenters. The molecule has 94 valence electrons. The third-order valence-corrected chi connectivity index (χ3v) is 3.48. The Morgan fingerprint density at radius 3 is 2.39 bits per heavy atom. The van der Waals surface area contributed by atoms with Gasteiger partial charge in [-0.05, 0) is 40.2 Å². The van der Waals surface area contributed by atoms with Crippen LogP contribution in [0.3, 0.4) is 0 Å². The second kappa shape index (κ2) is 5.67. The number of nitrogens with one attached hydrogen (secondary N) is 1. The minimum Gasteiger partial charge on any atom is -0.378 e. The van der Waals surface area contributed by atoms with Gasteiger partial charge in [-0.1, -0.05) is 23.7 Å². The van der Waals surface area contributed by atoms with Crippen LogP contribution in [0.5, 0.6) is 0 Å². The maximum Gasteiger partial charge on any atom is 0.147 e. The van der Waals surface area contributed by atoms with E-state index in [1.54, 1.807) is 18.2 Å². The smallest absolute Gasteiger partial charge is 0.147 e. The van der Waals surface area contributed by atoms with E-state index in [2.05, 4.69) is 21.2 Å². The van der Waals surface area contributed by atoms with Gasteiger partial charge in [0.2, 0.25) is 0 Å². The highest BCUT2D eigenvalue weighted by molar-refractivity contribution is 9.10.